The van der Waals surface area contributed by atoms with E-state index in [0.717, 1.165) is 12.3 Å². The van der Waals surface area contributed by atoms with Crippen molar-refractivity contribution in [1.82, 2.24) is 10.2 Å². The first-order valence-electron chi connectivity index (χ1n) is 5.69. The van der Waals surface area contributed by atoms with Gasteiger partial charge in [-0.25, -0.2) is 4.79 Å². The molecule has 0 radical (unpaired) electrons. The second-order valence-electron chi connectivity index (χ2n) is 4.72. The Balaban J connectivity index is 1.80. The number of methoxy groups -OCH3 is 1. The molecule has 3 atom stereocenters. The summed E-state index contributed by atoms with van der Waals surface area (Å²) in [7, 11) is 1.31. The molecule has 0 amide bonds. The summed E-state index contributed by atoms with van der Waals surface area (Å²) in [5, 5.41) is 7.69. The minimum atomic E-state index is -0.554. The second-order valence-corrected chi connectivity index (χ2v) is 4.72. The highest BCUT2D eigenvalue weighted by molar-refractivity contribution is 5.83. The van der Waals surface area contributed by atoms with Crippen LogP contribution >= 0.6 is 0 Å². The Morgan fingerprint density at radius 1 is 1.38 bits per heavy atom. The molecule has 3 unspecified atom stereocenters. The fourth-order valence-corrected chi connectivity index (χ4v) is 3.10. The summed E-state index contributed by atoms with van der Waals surface area (Å²) >= 11 is 0. The summed E-state index contributed by atoms with van der Waals surface area (Å²) in [6, 6.07) is 0. The van der Waals surface area contributed by atoms with Gasteiger partial charge in [-0.05, 0) is 31.1 Å². The molecule has 2 aliphatic carbocycles. The number of rotatable bonds is 2. The second kappa shape index (κ2) is 3.57. The zero-order chi connectivity index (χ0) is 11.1. The molecule has 1 aromatic heterocycles. The Morgan fingerprint density at radius 3 is 2.88 bits per heavy atom. The van der Waals surface area contributed by atoms with Crippen LogP contribution in [0.2, 0.25) is 0 Å². The van der Waals surface area contributed by atoms with Crippen molar-refractivity contribution in [3.63, 3.8) is 0 Å². The molecule has 2 fully saturated rings. The van der Waals surface area contributed by atoms with E-state index in [2.05, 4.69) is 14.9 Å². The monoisotopic (exact) mass is 222 g/mol. The molecule has 86 valence electrons. The molecule has 0 saturated heterocycles. The highest BCUT2D eigenvalue weighted by atomic mass is 16.5. The third kappa shape index (κ3) is 1.42. The number of hydrogen-bond acceptors (Lipinski definition) is 5. The minimum Gasteiger partial charge on any atom is -0.462 e. The van der Waals surface area contributed by atoms with Gasteiger partial charge in [-0.2, -0.15) is 0 Å². The SMILES string of the molecule is COC(=O)c1nnc(C2CC3CCC2C3)o1. The largest absolute Gasteiger partial charge is 0.462 e. The van der Waals surface area contributed by atoms with Crippen LogP contribution in [0, 0.1) is 11.8 Å². The van der Waals surface area contributed by atoms with Gasteiger partial charge in [-0.3, -0.25) is 0 Å². The Morgan fingerprint density at radius 2 is 2.25 bits per heavy atom. The van der Waals surface area contributed by atoms with Crippen molar-refractivity contribution in [3.8, 4) is 0 Å². The fraction of sp³-hybridized carbons (Fsp3) is 0.727. The number of hydrogen-bond donors (Lipinski definition) is 0. The van der Waals surface area contributed by atoms with E-state index in [1.165, 1.54) is 26.4 Å². The van der Waals surface area contributed by atoms with Crippen LogP contribution < -0.4 is 0 Å². The molecule has 1 heterocycles. The van der Waals surface area contributed by atoms with Gasteiger partial charge in [-0.1, -0.05) is 6.42 Å². The van der Waals surface area contributed by atoms with Crippen LogP contribution in [0.5, 0.6) is 0 Å². The number of fused-ring (bicyclic) bond motifs is 2. The molecule has 16 heavy (non-hydrogen) atoms. The summed E-state index contributed by atoms with van der Waals surface area (Å²) in [6.07, 6.45) is 5.00. The van der Waals surface area contributed by atoms with E-state index in [-0.39, 0.29) is 5.89 Å². The van der Waals surface area contributed by atoms with Crippen LogP contribution in [0.4, 0.5) is 0 Å². The molecule has 2 bridgehead atoms. The molecule has 5 heteroatoms. The van der Waals surface area contributed by atoms with Crippen LogP contribution in [0.3, 0.4) is 0 Å². The van der Waals surface area contributed by atoms with Gasteiger partial charge < -0.3 is 9.15 Å². The number of aromatic nitrogens is 2. The fourth-order valence-electron chi connectivity index (χ4n) is 3.10. The van der Waals surface area contributed by atoms with Crippen molar-refractivity contribution in [3.05, 3.63) is 11.8 Å². The lowest BCUT2D eigenvalue weighted by Crippen LogP contribution is -2.08. The number of nitrogens with zero attached hydrogens (tertiary/aromatic N) is 2. The van der Waals surface area contributed by atoms with Crippen molar-refractivity contribution in [1.29, 1.82) is 0 Å². The summed E-state index contributed by atoms with van der Waals surface area (Å²) in [4.78, 5) is 11.2. The van der Waals surface area contributed by atoms with Crippen LogP contribution in [-0.2, 0) is 4.74 Å². The van der Waals surface area contributed by atoms with Gasteiger partial charge in [0.25, 0.3) is 0 Å². The highest BCUT2D eigenvalue weighted by Crippen LogP contribution is 2.52. The zero-order valence-corrected chi connectivity index (χ0v) is 9.18. The molecule has 0 aliphatic heterocycles. The van der Waals surface area contributed by atoms with Crippen molar-refractivity contribution in [2.24, 2.45) is 11.8 Å². The molecule has 0 aromatic carbocycles. The molecule has 2 aliphatic rings. The topological polar surface area (TPSA) is 65.2 Å². The Hall–Kier alpha value is -1.39. The maximum atomic E-state index is 11.2. The van der Waals surface area contributed by atoms with Crippen LogP contribution in [0.15, 0.2) is 4.42 Å². The predicted molar refractivity (Wildman–Crippen MR) is 53.8 cm³/mol. The predicted octanol–water partition coefficient (Wildman–Crippen LogP) is 1.76. The maximum Gasteiger partial charge on any atom is 0.396 e. The van der Waals surface area contributed by atoms with Gasteiger partial charge in [0.2, 0.25) is 5.89 Å². The van der Waals surface area contributed by atoms with Crippen LogP contribution in [0.25, 0.3) is 0 Å². The number of carbonyl (C=O) groups excluding carboxylic acids is 1. The normalized spacial score (nSPS) is 31.9. The molecule has 1 aromatic rings. The first kappa shape index (κ1) is 9.81. The van der Waals surface area contributed by atoms with Crippen molar-refractivity contribution >= 4 is 5.97 Å². The summed E-state index contributed by atoms with van der Waals surface area (Å²) in [5.41, 5.74) is 0. The van der Waals surface area contributed by atoms with E-state index in [1.54, 1.807) is 0 Å². The zero-order valence-electron chi connectivity index (χ0n) is 9.18. The maximum absolute atomic E-state index is 11.2. The lowest BCUT2D eigenvalue weighted by Gasteiger charge is -2.17. The molecule has 5 nitrogen and oxygen atoms in total. The smallest absolute Gasteiger partial charge is 0.396 e. The van der Waals surface area contributed by atoms with Gasteiger partial charge in [0.05, 0.1) is 7.11 Å². The Kier molecular flexibility index (Phi) is 2.19. The van der Waals surface area contributed by atoms with Gasteiger partial charge >= 0.3 is 11.9 Å². The van der Waals surface area contributed by atoms with Gasteiger partial charge in [0, 0.05) is 5.92 Å². The first-order valence-corrected chi connectivity index (χ1v) is 5.69. The van der Waals surface area contributed by atoms with E-state index in [4.69, 9.17) is 4.42 Å². The average molecular weight is 222 g/mol. The van der Waals surface area contributed by atoms with Crippen molar-refractivity contribution in [2.45, 2.75) is 31.6 Å². The van der Waals surface area contributed by atoms with Crippen LogP contribution in [-0.4, -0.2) is 23.3 Å². The van der Waals surface area contributed by atoms with E-state index < -0.39 is 5.97 Å². The van der Waals surface area contributed by atoms with Gasteiger partial charge in [0.15, 0.2) is 0 Å². The van der Waals surface area contributed by atoms with E-state index in [0.29, 0.717) is 17.7 Å². The molecular formula is C11H14N2O3. The van der Waals surface area contributed by atoms with E-state index in [9.17, 15) is 4.79 Å². The number of carbonyl (C=O) groups is 1. The standard InChI is InChI=1S/C11H14N2O3/c1-15-11(14)10-13-12-9(16-10)8-5-6-2-3-7(8)4-6/h6-8H,2-5H2,1H3. The van der Waals surface area contributed by atoms with Crippen molar-refractivity contribution in [2.75, 3.05) is 7.11 Å². The third-order valence-electron chi connectivity index (χ3n) is 3.86. The van der Waals surface area contributed by atoms with Crippen LogP contribution in [0.1, 0.15) is 48.2 Å². The Labute approximate surface area is 93.2 Å². The number of esters is 1. The molecule has 0 spiro atoms. The number of ether oxygens (including phenoxy) is 1. The molecule has 0 N–H and O–H groups in total. The Bertz CT molecular complexity index is 415. The van der Waals surface area contributed by atoms with Gasteiger partial charge in [-0.15, -0.1) is 10.2 Å². The first-order chi connectivity index (χ1) is 7.78. The lowest BCUT2D eigenvalue weighted by molar-refractivity contribution is 0.0552. The van der Waals surface area contributed by atoms with E-state index in [1.807, 2.05) is 0 Å². The summed E-state index contributed by atoms with van der Waals surface area (Å²) < 4.78 is 9.92. The third-order valence-corrected chi connectivity index (χ3v) is 3.86. The molecular weight excluding hydrogens is 208 g/mol. The minimum absolute atomic E-state index is 0.0275. The summed E-state index contributed by atoms with van der Waals surface area (Å²) in [5.74, 6) is 1.90. The average Bonchev–Trinajstić information content (AvgIpc) is 3.02. The quantitative estimate of drug-likeness (QED) is 0.713. The highest BCUT2D eigenvalue weighted by Gasteiger charge is 2.43. The summed E-state index contributed by atoms with van der Waals surface area (Å²) in [6.45, 7) is 0. The van der Waals surface area contributed by atoms with E-state index >= 15 is 0 Å². The lowest BCUT2D eigenvalue weighted by atomic mass is 9.89. The van der Waals surface area contributed by atoms with Gasteiger partial charge in [0.1, 0.15) is 0 Å². The van der Waals surface area contributed by atoms with Crippen molar-refractivity contribution < 1.29 is 13.9 Å². The molecule has 2 saturated carbocycles. The molecule has 3 rings (SSSR count).